The molecule has 1 saturated heterocycles. The molecule has 120 valence electrons. The molecule has 2 heterocycles. The largest absolute Gasteiger partial charge is 0.398 e. The Hall–Kier alpha value is -1.08. The number of nitrogens with zero attached hydrogens (tertiary/aromatic N) is 2. The summed E-state index contributed by atoms with van der Waals surface area (Å²) in [6, 6.07) is 1.85. The van der Waals surface area contributed by atoms with E-state index in [4.69, 9.17) is 10.8 Å². The van der Waals surface area contributed by atoms with Crippen LogP contribution in [-0.2, 0) is 6.42 Å². The van der Waals surface area contributed by atoms with Crippen molar-refractivity contribution in [3.05, 3.63) is 29.6 Å². The number of pyridine rings is 1. The lowest BCUT2D eigenvalue weighted by Crippen LogP contribution is -2.24. The Morgan fingerprint density at radius 2 is 2.27 bits per heavy atom. The lowest BCUT2D eigenvalue weighted by atomic mass is 10.1. The van der Waals surface area contributed by atoms with Crippen molar-refractivity contribution in [2.75, 3.05) is 43.5 Å². The van der Waals surface area contributed by atoms with E-state index < -0.39 is 0 Å². The van der Waals surface area contributed by atoms with Gasteiger partial charge in [0, 0.05) is 48.8 Å². The third-order valence-electron chi connectivity index (χ3n) is 4.39. The summed E-state index contributed by atoms with van der Waals surface area (Å²) in [7, 11) is 0. The molecule has 2 atom stereocenters. The molecule has 0 aromatic carbocycles. The predicted molar refractivity (Wildman–Crippen MR) is 90.7 cm³/mol. The average Bonchev–Trinajstić information content (AvgIpc) is 3.05. The number of hydrogen-bond acceptors (Lipinski definition) is 6. The van der Waals surface area contributed by atoms with Crippen LogP contribution in [0.5, 0.6) is 0 Å². The van der Waals surface area contributed by atoms with E-state index in [1.165, 1.54) is 5.57 Å². The smallest absolute Gasteiger partial charge is 0.0727 e. The number of anilines is 1. The van der Waals surface area contributed by atoms with Gasteiger partial charge in [0.25, 0.3) is 0 Å². The van der Waals surface area contributed by atoms with Gasteiger partial charge in [-0.1, -0.05) is 6.08 Å². The highest BCUT2D eigenvalue weighted by molar-refractivity contribution is 7.99. The van der Waals surface area contributed by atoms with E-state index in [2.05, 4.69) is 16.0 Å². The number of thioether (sulfide) groups is 1. The molecular weight excluding hydrogens is 298 g/mol. The summed E-state index contributed by atoms with van der Waals surface area (Å²) in [6.07, 6.45) is 4.55. The molecule has 0 bridgehead atoms. The van der Waals surface area contributed by atoms with Gasteiger partial charge in [-0.25, -0.2) is 0 Å². The van der Waals surface area contributed by atoms with Crippen LogP contribution in [0.1, 0.15) is 11.3 Å². The Kier molecular flexibility index (Phi) is 5.03. The van der Waals surface area contributed by atoms with Gasteiger partial charge in [-0.2, -0.15) is 11.8 Å². The van der Waals surface area contributed by atoms with Crippen LogP contribution >= 0.6 is 11.8 Å². The molecule has 3 rings (SSSR count). The van der Waals surface area contributed by atoms with Gasteiger partial charge < -0.3 is 15.9 Å². The summed E-state index contributed by atoms with van der Waals surface area (Å²) >= 11 is 1.71. The molecule has 1 aromatic rings. The van der Waals surface area contributed by atoms with Crippen LogP contribution < -0.4 is 5.73 Å². The minimum absolute atomic E-state index is 0.202. The van der Waals surface area contributed by atoms with Gasteiger partial charge in [0.1, 0.15) is 0 Å². The zero-order valence-electron chi connectivity index (χ0n) is 12.6. The van der Waals surface area contributed by atoms with E-state index in [0.29, 0.717) is 6.54 Å². The van der Waals surface area contributed by atoms with E-state index in [0.717, 1.165) is 48.0 Å². The van der Waals surface area contributed by atoms with Gasteiger partial charge in [-0.15, -0.1) is 0 Å². The molecule has 0 saturated carbocycles. The number of β-amino-alcohol motifs (C(OH)–C–C–N with tert-alkyl or cyclic N) is 1. The van der Waals surface area contributed by atoms with Crippen LogP contribution in [0, 0.1) is 5.92 Å². The Labute approximate surface area is 135 Å². The summed E-state index contributed by atoms with van der Waals surface area (Å²) in [5.41, 5.74) is 10.2. The maximum absolute atomic E-state index is 10.2. The maximum Gasteiger partial charge on any atom is 0.0727 e. The monoisotopic (exact) mass is 321 g/mol. The van der Waals surface area contributed by atoms with Crippen LogP contribution in [0.25, 0.3) is 5.57 Å². The fraction of sp³-hybridized carbons (Fsp3) is 0.562. The van der Waals surface area contributed by atoms with Crippen molar-refractivity contribution in [1.82, 2.24) is 9.88 Å². The number of allylic oxidation sites excluding steroid dienone is 1. The third kappa shape index (κ3) is 3.30. The zero-order chi connectivity index (χ0) is 15.5. The molecule has 1 fully saturated rings. The number of aromatic nitrogens is 1. The van der Waals surface area contributed by atoms with E-state index in [1.807, 2.05) is 6.07 Å². The van der Waals surface area contributed by atoms with Gasteiger partial charge in [0.2, 0.25) is 0 Å². The Balaban J connectivity index is 1.59. The van der Waals surface area contributed by atoms with Crippen molar-refractivity contribution in [3.8, 4) is 0 Å². The van der Waals surface area contributed by atoms with Crippen LogP contribution in [0.2, 0.25) is 0 Å². The summed E-state index contributed by atoms with van der Waals surface area (Å²) in [4.78, 5) is 6.77. The fourth-order valence-electron chi connectivity index (χ4n) is 3.23. The number of hydrogen-bond donors (Lipinski definition) is 3. The highest BCUT2D eigenvalue weighted by Gasteiger charge is 2.32. The Morgan fingerprint density at radius 1 is 1.41 bits per heavy atom. The molecule has 4 N–H and O–H groups in total. The molecule has 22 heavy (non-hydrogen) atoms. The van der Waals surface area contributed by atoms with Gasteiger partial charge in [-0.05, 0) is 23.8 Å². The van der Waals surface area contributed by atoms with Crippen LogP contribution in [0.15, 0.2) is 18.3 Å². The zero-order valence-corrected chi connectivity index (χ0v) is 13.4. The topological polar surface area (TPSA) is 82.6 Å². The van der Waals surface area contributed by atoms with Gasteiger partial charge in [0.15, 0.2) is 0 Å². The first-order valence-corrected chi connectivity index (χ1v) is 8.86. The molecule has 1 unspecified atom stereocenters. The number of nitrogens with two attached hydrogens (primary N) is 1. The van der Waals surface area contributed by atoms with Gasteiger partial charge in [-0.3, -0.25) is 9.88 Å². The molecular formula is C16H23N3O2S. The first kappa shape index (κ1) is 15.8. The maximum atomic E-state index is 10.2. The number of nitrogen functional groups attached to an aromatic ring is 1. The molecule has 1 aliphatic heterocycles. The van der Waals surface area contributed by atoms with Crippen molar-refractivity contribution in [3.63, 3.8) is 0 Å². The highest BCUT2D eigenvalue weighted by Crippen LogP contribution is 2.31. The second-order valence-corrected chi connectivity index (χ2v) is 7.13. The molecule has 5 nitrogen and oxygen atoms in total. The second kappa shape index (κ2) is 7.00. The van der Waals surface area contributed by atoms with E-state index in [1.54, 1.807) is 18.0 Å². The quantitative estimate of drug-likeness (QED) is 0.667. The highest BCUT2D eigenvalue weighted by atomic mass is 32.2. The standard InChI is InChI=1S/C16H23N3O2S/c17-14-3-4-18-16-11(1-2-13(14)16)7-19-8-12(15(21)9-19)10-22-6-5-20/h1,3-4,12,15,20-21H,2,5-10H2,(H2,17,18)/t12-,15?/m1/s1. The molecule has 6 heteroatoms. The summed E-state index contributed by atoms with van der Waals surface area (Å²) in [6.45, 7) is 2.63. The van der Waals surface area contributed by atoms with Crippen molar-refractivity contribution in [2.24, 2.45) is 5.92 Å². The molecule has 0 spiro atoms. The summed E-state index contributed by atoms with van der Waals surface area (Å²) in [5.74, 6) is 1.93. The van der Waals surface area contributed by atoms with Crippen molar-refractivity contribution >= 4 is 23.0 Å². The first-order chi connectivity index (χ1) is 10.7. The minimum atomic E-state index is -0.276. The van der Waals surface area contributed by atoms with Crippen LogP contribution in [0.4, 0.5) is 5.69 Å². The number of fused-ring (bicyclic) bond motifs is 1. The van der Waals surface area contributed by atoms with E-state index in [-0.39, 0.29) is 18.6 Å². The first-order valence-electron chi connectivity index (χ1n) is 7.71. The Morgan fingerprint density at radius 3 is 3.09 bits per heavy atom. The van der Waals surface area contributed by atoms with Crippen molar-refractivity contribution in [2.45, 2.75) is 12.5 Å². The average molecular weight is 321 g/mol. The predicted octanol–water partition coefficient (Wildman–Crippen LogP) is 0.621. The van der Waals surface area contributed by atoms with Crippen LogP contribution in [0.3, 0.4) is 0 Å². The summed E-state index contributed by atoms with van der Waals surface area (Å²) < 4.78 is 0. The number of aliphatic hydroxyl groups excluding tert-OH is 2. The van der Waals surface area contributed by atoms with Gasteiger partial charge >= 0.3 is 0 Å². The SMILES string of the molecule is Nc1ccnc2c1CC=C2CN1CC(O)[C@@H](CSCCO)C1. The van der Waals surface area contributed by atoms with E-state index >= 15 is 0 Å². The second-order valence-electron chi connectivity index (χ2n) is 5.98. The Bertz CT molecular complexity index is 564. The summed E-state index contributed by atoms with van der Waals surface area (Å²) in [5, 5.41) is 19.0. The van der Waals surface area contributed by atoms with E-state index in [9.17, 15) is 5.11 Å². The molecule has 1 aromatic heterocycles. The minimum Gasteiger partial charge on any atom is -0.398 e. The molecule has 1 aliphatic carbocycles. The molecule has 0 amide bonds. The number of aliphatic hydroxyl groups is 2. The van der Waals surface area contributed by atoms with Crippen molar-refractivity contribution < 1.29 is 10.2 Å². The fourth-order valence-corrected chi connectivity index (χ4v) is 4.16. The lowest BCUT2D eigenvalue weighted by molar-refractivity contribution is 0.151. The lowest BCUT2D eigenvalue weighted by Gasteiger charge is -2.17. The number of rotatable bonds is 6. The third-order valence-corrected chi connectivity index (χ3v) is 5.53. The van der Waals surface area contributed by atoms with Crippen LogP contribution in [-0.4, -0.2) is 63.9 Å². The normalized spacial score (nSPS) is 24.5. The molecule has 2 aliphatic rings. The number of likely N-dealkylation sites (tertiary alicyclic amines) is 1. The van der Waals surface area contributed by atoms with Crippen molar-refractivity contribution in [1.29, 1.82) is 0 Å². The molecule has 0 radical (unpaired) electrons. The van der Waals surface area contributed by atoms with Gasteiger partial charge in [0.05, 0.1) is 18.4 Å².